The lowest BCUT2D eigenvalue weighted by Gasteiger charge is -2.34. The van der Waals surface area contributed by atoms with Gasteiger partial charge in [-0.1, -0.05) is 43.5 Å². The first kappa shape index (κ1) is 24.7. The Bertz CT molecular complexity index is 1450. The summed E-state index contributed by atoms with van der Waals surface area (Å²) >= 11 is 0. The van der Waals surface area contributed by atoms with Crippen LogP contribution in [0, 0.1) is 10.1 Å². The average Bonchev–Trinajstić information content (AvgIpc) is 3.50. The topological polar surface area (TPSA) is 135 Å². The van der Waals surface area contributed by atoms with Gasteiger partial charge in [0.2, 0.25) is 5.91 Å². The summed E-state index contributed by atoms with van der Waals surface area (Å²) in [4.78, 5) is 26.6. The minimum absolute atomic E-state index is 0.0150. The molecule has 1 amide bonds. The van der Waals surface area contributed by atoms with Crippen LogP contribution in [0.25, 0.3) is 0 Å². The SMILES string of the molecule is O=C(NC1CCCCC1)C(c1cccc([N+](=O)[O-])c1)N(Cc1ccco1)C1=NS(=O)(=O)c2ccccc21. The van der Waals surface area contributed by atoms with Crippen molar-refractivity contribution in [1.82, 2.24) is 10.2 Å². The molecule has 0 saturated heterocycles. The number of hydrogen-bond acceptors (Lipinski definition) is 7. The van der Waals surface area contributed by atoms with Crippen molar-refractivity contribution in [3.63, 3.8) is 0 Å². The van der Waals surface area contributed by atoms with Crippen molar-refractivity contribution in [1.29, 1.82) is 0 Å². The summed E-state index contributed by atoms with van der Waals surface area (Å²) in [6.07, 6.45) is 6.27. The second-order valence-corrected chi connectivity index (χ2v) is 10.8. The molecule has 2 aromatic carbocycles. The summed E-state index contributed by atoms with van der Waals surface area (Å²) in [5.74, 6) is 0.177. The number of non-ortho nitro benzene ring substituents is 1. The van der Waals surface area contributed by atoms with Gasteiger partial charge in [-0.3, -0.25) is 14.9 Å². The lowest BCUT2D eigenvalue weighted by molar-refractivity contribution is -0.384. The summed E-state index contributed by atoms with van der Waals surface area (Å²) in [5, 5.41) is 14.7. The number of sulfonamides is 1. The van der Waals surface area contributed by atoms with Crippen LogP contribution in [0.2, 0.25) is 0 Å². The van der Waals surface area contributed by atoms with Gasteiger partial charge in [0.25, 0.3) is 15.7 Å². The molecule has 0 spiro atoms. The number of nitrogens with one attached hydrogen (secondary N) is 1. The van der Waals surface area contributed by atoms with Crippen molar-refractivity contribution >= 4 is 27.5 Å². The fourth-order valence-electron chi connectivity index (χ4n) is 4.96. The number of benzene rings is 2. The zero-order valence-electron chi connectivity index (χ0n) is 19.9. The Kier molecular flexibility index (Phi) is 6.79. The highest BCUT2D eigenvalue weighted by atomic mass is 32.2. The summed E-state index contributed by atoms with van der Waals surface area (Å²) < 4.78 is 35.5. The van der Waals surface area contributed by atoms with E-state index in [2.05, 4.69) is 9.71 Å². The third-order valence-corrected chi connectivity index (χ3v) is 8.02. The lowest BCUT2D eigenvalue weighted by Crippen LogP contribution is -2.46. The van der Waals surface area contributed by atoms with Crippen LogP contribution in [0.4, 0.5) is 5.69 Å². The lowest BCUT2D eigenvalue weighted by atomic mass is 9.94. The predicted octanol–water partition coefficient (Wildman–Crippen LogP) is 4.33. The van der Waals surface area contributed by atoms with E-state index in [-0.39, 0.29) is 34.9 Å². The number of furan rings is 1. The van der Waals surface area contributed by atoms with E-state index in [9.17, 15) is 23.3 Å². The molecule has 0 bridgehead atoms. The second-order valence-electron chi connectivity index (χ2n) is 9.19. The van der Waals surface area contributed by atoms with E-state index in [1.54, 1.807) is 41.3 Å². The number of carbonyl (C=O) groups is 1. The maximum absolute atomic E-state index is 13.9. The van der Waals surface area contributed by atoms with E-state index < -0.39 is 21.0 Å². The Morgan fingerprint density at radius 3 is 2.62 bits per heavy atom. The van der Waals surface area contributed by atoms with E-state index in [0.717, 1.165) is 32.1 Å². The number of amidine groups is 1. The zero-order chi connectivity index (χ0) is 26.0. The van der Waals surface area contributed by atoms with Crippen molar-refractivity contribution in [2.45, 2.75) is 55.6 Å². The van der Waals surface area contributed by atoms with Crippen LogP contribution in [0.3, 0.4) is 0 Å². The molecule has 0 radical (unpaired) electrons. The average molecular weight is 523 g/mol. The van der Waals surface area contributed by atoms with Crippen LogP contribution >= 0.6 is 0 Å². The smallest absolute Gasteiger partial charge is 0.285 e. The molecular weight excluding hydrogens is 496 g/mol. The molecule has 37 heavy (non-hydrogen) atoms. The molecule has 1 N–H and O–H groups in total. The van der Waals surface area contributed by atoms with Gasteiger partial charge in [-0.25, -0.2) is 0 Å². The quantitative estimate of drug-likeness (QED) is 0.360. The molecule has 1 saturated carbocycles. The molecule has 11 heteroatoms. The first-order valence-corrected chi connectivity index (χ1v) is 13.6. The summed E-state index contributed by atoms with van der Waals surface area (Å²) in [7, 11) is -3.99. The maximum atomic E-state index is 13.9. The number of nitro benzene ring substituents is 1. The van der Waals surface area contributed by atoms with Gasteiger partial charge in [0.15, 0.2) is 5.84 Å². The van der Waals surface area contributed by atoms with Gasteiger partial charge in [0.1, 0.15) is 16.7 Å². The summed E-state index contributed by atoms with van der Waals surface area (Å²) in [6.45, 7) is 0.0150. The van der Waals surface area contributed by atoms with Crippen molar-refractivity contribution in [3.05, 3.63) is 93.9 Å². The maximum Gasteiger partial charge on any atom is 0.285 e. The van der Waals surface area contributed by atoms with Crippen molar-refractivity contribution in [2.75, 3.05) is 0 Å². The number of carbonyl (C=O) groups excluding carboxylic acids is 1. The minimum atomic E-state index is -3.99. The van der Waals surface area contributed by atoms with Gasteiger partial charge >= 0.3 is 0 Å². The monoisotopic (exact) mass is 522 g/mol. The minimum Gasteiger partial charge on any atom is -0.467 e. The van der Waals surface area contributed by atoms with Gasteiger partial charge in [-0.15, -0.1) is 4.40 Å². The molecule has 10 nitrogen and oxygen atoms in total. The molecule has 2 heterocycles. The number of nitrogens with zero attached hydrogens (tertiary/aromatic N) is 3. The van der Waals surface area contributed by atoms with Crippen LogP contribution in [0.15, 0.2) is 80.6 Å². The van der Waals surface area contributed by atoms with Crippen molar-refractivity contribution < 1.29 is 22.6 Å². The number of hydrogen-bond donors (Lipinski definition) is 1. The Morgan fingerprint density at radius 1 is 1.11 bits per heavy atom. The molecule has 1 atom stereocenters. The van der Waals surface area contributed by atoms with E-state index in [1.807, 2.05) is 0 Å². The number of nitro groups is 1. The second kappa shape index (κ2) is 10.2. The highest BCUT2D eigenvalue weighted by Crippen LogP contribution is 2.34. The van der Waals surface area contributed by atoms with Crippen LogP contribution in [-0.4, -0.2) is 36.0 Å². The number of fused-ring (bicyclic) bond motifs is 1. The molecule has 1 aliphatic carbocycles. The first-order chi connectivity index (χ1) is 17.8. The van der Waals surface area contributed by atoms with Crippen LogP contribution in [0.5, 0.6) is 0 Å². The third-order valence-electron chi connectivity index (χ3n) is 6.70. The van der Waals surface area contributed by atoms with Crippen molar-refractivity contribution in [3.8, 4) is 0 Å². The Morgan fingerprint density at radius 2 is 1.89 bits per heavy atom. The highest BCUT2D eigenvalue weighted by molar-refractivity contribution is 7.90. The van der Waals surface area contributed by atoms with Crippen LogP contribution in [0.1, 0.15) is 55.0 Å². The fraction of sp³-hybridized carbons (Fsp3) is 0.308. The Balaban J connectivity index is 1.64. The Hall–Kier alpha value is -3.99. The fourth-order valence-corrected chi connectivity index (χ4v) is 6.18. The largest absolute Gasteiger partial charge is 0.467 e. The van der Waals surface area contributed by atoms with Crippen LogP contribution in [-0.2, 0) is 21.4 Å². The molecule has 1 fully saturated rings. The molecule has 192 valence electrons. The molecular formula is C26H26N4O6S. The predicted molar refractivity (Wildman–Crippen MR) is 135 cm³/mol. The van der Waals surface area contributed by atoms with Gasteiger partial charge < -0.3 is 14.6 Å². The van der Waals surface area contributed by atoms with E-state index >= 15 is 0 Å². The normalized spacial score (nSPS) is 17.5. The number of rotatable bonds is 7. The van der Waals surface area contributed by atoms with E-state index in [0.29, 0.717) is 16.9 Å². The van der Waals surface area contributed by atoms with Gasteiger partial charge in [-0.2, -0.15) is 8.42 Å². The highest BCUT2D eigenvalue weighted by Gasteiger charge is 2.39. The molecule has 2 aliphatic rings. The summed E-state index contributed by atoms with van der Waals surface area (Å²) in [6, 6.07) is 14.5. The Labute approximate surface area is 214 Å². The number of amides is 1. The molecule has 1 aliphatic heterocycles. The van der Waals surface area contributed by atoms with Gasteiger partial charge in [0, 0.05) is 23.7 Å². The van der Waals surface area contributed by atoms with Crippen LogP contribution < -0.4 is 5.32 Å². The molecule has 3 aromatic rings. The van der Waals surface area contributed by atoms with E-state index in [4.69, 9.17) is 4.42 Å². The van der Waals surface area contributed by atoms with E-state index in [1.165, 1.54) is 30.5 Å². The van der Waals surface area contributed by atoms with Crippen molar-refractivity contribution in [2.24, 2.45) is 4.40 Å². The molecule has 1 unspecified atom stereocenters. The zero-order valence-corrected chi connectivity index (χ0v) is 20.8. The molecule has 1 aromatic heterocycles. The summed E-state index contributed by atoms with van der Waals surface area (Å²) in [5.41, 5.74) is 0.529. The third kappa shape index (κ3) is 5.12. The standard InChI is InChI=1S/C26H26N4O6S/c31-26(27-19-9-2-1-3-10-19)24(18-8-6-11-20(16-18)30(32)33)29(17-21-12-7-15-36-21)25-22-13-4-5-14-23(22)37(34,35)28-25/h4-8,11-16,19,24H,1-3,9-10,17H2,(H,27,31). The molecule has 5 rings (SSSR count). The van der Waals surface area contributed by atoms with Gasteiger partial charge in [0.05, 0.1) is 17.7 Å². The first-order valence-electron chi connectivity index (χ1n) is 12.1. The van der Waals surface area contributed by atoms with Gasteiger partial charge in [-0.05, 0) is 42.7 Å².